The van der Waals surface area contributed by atoms with Crippen LogP contribution in [0.4, 0.5) is 0 Å². The van der Waals surface area contributed by atoms with Crippen molar-refractivity contribution in [2.24, 2.45) is 5.73 Å². The minimum atomic E-state index is 0.0560. The largest absolute Gasteiger partial charge is 0.324 e. The number of rotatable bonds is 3. The highest BCUT2D eigenvalue weighted by Gasteiger charge is 2.27. The molecule has 1 saturated carbocycles. The highest BCUT2D eigenvalue weighted by molar-refractivity contribution is 7.99. The molecular formula is C12H18N2S. The second kappa shape index (κ2) is 4.99. The maximum atomic E-state index is 6.36. The van der Waals surface area contributed by atoms with E-state index in [0.717, 1.165) is 10.8 Å². The molecule has 0 amide bonds. The van der Waals surface area contributed by atoms with Crippen molar-refractivity contribution in [1.82, 2.24) is 4.98 Å². The van der Waals surface area contributed by atoms with Gasteiger partial charge < -0.3 is 5.73 Å². The van der Waals surface area contributed by atoms with Gasteiger partial charge in [-0.25, -0.2) is 4.98 Å². The zero-order valence-electron chi connectivity index (χ0n) is 8.98. The van der Waals surface area contributed by atoms with Gasteiger partial charge in [0.05, 0.1) is 5.03 Å². The van der Waals surface area contributed by atoms with Crippen LogP contribution in [0.3, 0.4) is 0 Å². The Morgan fingerprint density at radius 3 is 2.73 bits per heavy atom. The molecule has 0 spiro atoms. The number of hydrogen-bond donors (Lipinski definition) is 1. The Kier molecular flexibility index (Phi) is 3.65. The van der Waals surface area contributed by atoms with Gasteiger partial charge in [-0.2, -0.15) is 0 Å². The maximum absolute atomic E-state index is 6.36. The number of nitrogens with zero attached hydrogens (tertiary/aromatic N) is 1. The lowest BCUT2D eigenvalue weighted by molar-refractivity contribution is 0.328. The number of thioether (sulfide) groups is 1. The fourth-order valence-electron chi connectivity index (χ4n) is 2.05. The van der Waals surface area contributed by atoms with Crippen LogP contribution >= 0.6 is 11.8 Å². The summed E-state index contributed by atoms with van der Waals surface area (Å²) in [5.41, 5.74) is 6.41. The second-order valence-electron chi connectivity index (χ2n) is 4.38. The van der Waals surface area contributed by atoms with Crippen molar-refractivity contribution in [3.05, 3.63) is 24.4 Å². The van der Waals surface area contributed by atoms with Gasteiger partial charge in [-0.15, -0.1) is 11.8 Å². The van der Waals surface area contributed by atoms with E-state index in [2.05, 4.69) is 11.1 Å². The van der Waals surface area contributed by atoms with E-state index in [0.29, 0.717) is 0 Å². The van der Waals surface area contributed by atoms with Crippen LogP contribution in [0.15, 0.2) is 29.4 Å². The van der Waals surface area contributed by atoms with E-state index in [-0.39, 0.29) is 5.54 Å². The Bertz CT molecular complexity index is 294. The number of pyridine rings is 1. The average Bonchev–Trinajstić information content (AvgIpc) is 2.29. The first kappa shape index (κ1) is 11.0. The third-order valence-electron chi connectivity index (χ3n) is 2.99. The standard InChI is InChI=1S/C12H18N2S/c13-12(7-3-1-4-8-12)10-15-11-6-2-5-9-14-11/h2,5-6,9H,1,3-4,7-8,10,13H2. The predicted molar refractivity (Wildman–Crippen MR) is 65.0 cm³/mol. The summed E-state index contributed by atoms with van der Waals surface area (Å²) < 4.78 is 0. The first-order valence-corrected chi connectivity index (χ1v) is 6.60. The molecular weight excluding hydrogens is 204 g/mol. The Balaban J connectivity index is 1.87. The van der Waals surface area contributed by atoms with E-state index in [9.17, 15) is 0 Å². The lowest BCUT2D eigenvalue weighted by Gasteiger charge is -2.32. The SMILES string of the molecule is NC1(CSc2ccccn2)CCCCC1. The van der Waals surface area contributed by atoms with Gasteiger partial charge in [0.1, 0.15) is 0 Å². The average molecular weight is 222 g/mol. The summed E-state index contributed by atoms with van der Waals surface area (Å²) in [4.78, 5) is 4.30. The Labute approximate surface area is 95.7 Å². The normalized spacial score (nSPS) is 20.1. The van der Waals surface area contributed by atoms with Crippen molar-refractivity contribution in [2.45, 2.75) is 42.7 Å². The molecule has 1 aromatic heterocycles. The van der Waals surface area contributed by atoms with E-state index in [1.807, 2.05) is 18.3 Å². The third-order valence-corrected chi connectivity index (χ3v) is 4.25. The molecule has 1 heterocycles. The van der Waals surface area contributed by atoms with Gasteiger partial charge >= 0.3 is 0 Å². The zero-order valence-corrected chi connectivity index (χ0v) is 9.80. The minimum absolute atomic E-state index is 0.0560. The molecule has 0 aromatic carbocycles. The van der Waals surface area contributed by atoms with Crippen molar-refractivity contribution in [3.63, 3.8) is 0 Å². The molecule has 2 rings (SSSR count). The van der Waals surface area contributed by atoms with Crippen LogP contribution in [-0.4, -0.2) is 16.3 Å². The van der Waals surface area contributed by atoms with Crippen LogP contribution < -0.4 is 5.73 Å². The van der Waals surface area contributed by atoms with Crippen molar-refractivity contribution >= 4 is 11.8 Å². The minimum Gasteiger partial charge on any atom is -0.324 e. The quantitative estimate of drug-likeness (QED) is 0.799. The highest BCUT2D eigenvalue weighted by atomic mass is 32.2. The summed E-state index contributed by atoms with van der Waals surface area (Å²) >= 11 is 1.79. The number of aromatic nitrogens is 1. The van der Waals surface area contributed by atoms with Crippen molar-refractivity contribution in [3.8, 4) is 0 Å². The summed E-state index contributed by atoms with van der Waals surface area (Å²) in [5, 5.41) is 1.09. The molecule has 1 aromatic rings. The molecule has 2 nitrogen and oxygen atoms in total. The molecule has 0 bridgehead atoms. The van der Waals surface area contributed by atoms with E-state index < -0.39 is 0 Å². The molecule has 0 saturated heterocycles. The zero-order chi connectivity index (χ0) is 10.6. The van der Waals surface area contributed by atoms with Crippen LogP contribution in [0, 0.1) is 0 Å². The Morgan fingerprint density at radius 2 is 2.07 bits per heavy atom. The second-order valence-corrected chi connectivity index (χ2v) is 5.38. The van der Waals surface area contributed by atoms with Crippen LogP contribution in [0.2, 0.25) is 0 Å². The molecule has 82 valence electrons. The van der Waals surface area contributed by atoms with E-state index in [1.54, 1.807) is 11.8 Å². The van der Waals surface area contributed by atoms with Gasteiger partial charge in [-0.3, -0.25) is 0 Å². The third kappa shape index (κ3) is 3.21. The van der Waals surface area contributed by atoms with Crippen molar-refractivity contribution in [2.75, 3.05) is 5.75 Å². The van der Waals surface area contributed by atoms with Gasteiger partial charge in [-0.05, 0) is 25.0 Å². The van der Waals surface area contributed by atoms with E-state index in [4.69, 9.17) is 5.73 Å². The summed E-state index contributed by atoms with van der Waals surface area (Å²) in [6.45, 7) is 0. The molecule has 0 atom stereocenters. The molecule has 0 unspecified atom stereocenters. The van der Waals surface area contributed by atoms with Crippen LogP contribution in [0.5, 0.6) is 0 Å². The molecule has 15 heavy (non-hydrogen) atoms. The first-order chi connectivity index (χ1) is 7.29. The van der Waals surface area contributed by atoms with E-state index >= 15 is 0 Å². The summed E-state index contributed by atoms with van der Waals surface area (Å²) in [7, 11) is 0. The highest BCUT2D eigenvalue weighted by Crippen LogP contribution is 2.30. The lowest BCUT2D eigenvalue weighted by atomic mass is 9.84. The molecule has 0 aliphatic heterocycles. The number of hydrogen-bond acceptors (Lipinski definition) is 3. The van der Waals surface area contributed by atoms with Crippen LogP contribution in [0.1, 0.15) is 32.1 Å². The van der Waals surface area contributed by atoms with Gasteiger partial charge in [0.2, 0.25) is 0 Å². The smallest absolute Gasteiger partial charge is 0.0960 e. The molecule has 3 heteroatoms. The molecule has 2 N–H and O–H groups in total. The predicted octanol–water partition coefficient (Wildman–Crippen LogP) is 2.84. The molecule has 1 aliphatic rings. The number of nitrogens with two attached hydrogens (primary N) is 1. The van der Waals surface area contributed by atoms with Gasteiger partial charge in [-0.1, -0.05) is 25.3 Å². The molecule has 0 radical (unpaired) electrons. The summed E-state index contributed by atoms with van der Waals surface area (Å²) in [6, 6.07) is 6.03. The van der Waals surface area contributed by atoms with E-state index in [1.165, 1.54) is 32.1 Å². The lowest BCUT2D eigenvalue weighted by Crippen LogP contribution is -2.44. The Hall–Kier alpha value is -0.540. The van der Waals surface area contributed by atoms with Gasteiger partial charge in [0.15, 0.2) is 0 Å². The van der Waals surface area contributed by atoms with Crippen LogP contribution in [-0.2, 0) is 0 Å². The summed E-state index contributed by atoms with van der Waals surface area (Å²) in [6.07, 6.45) is 8.12. The van der Waals surface area contributed by atoms with Crippen LogP contribution in [0.25, 0.3) is 0 Å². The van der Waals surface area contributed by atoms with Gasteiger partial charge in [0, 0.05) is 17.5 Å². The fourth-order valence-corrected chi connectivity index (χ4v) is 3.08. The Morgan fingerprint density at radius 1 is 1.27 bits per heavy atom. The molecule has 1 aliphatic carbocycles. The molecule has 1 fully saturated rings. The fraction of sp³-hybridized carbons (Fsp3) is 0.583. The summed E-state index contributed by atoms with van der Waals surface area (Å²) in [5.74, 6) is 1.00. The topological polar surface area (TPSA) is 38.9 Å². The van der Waals surface area contributed by atoms with Gasteiger partial charge in [0.25, 0.3) is 0 Å². The first-order valence-electron chi connectivity index (χ1n) is 5.61. The maximum Gasteiger partial charge on any atom is 0.0960 e. The monoisotopic (exact) mass is 222 g/mol. The van der Waals surface area contributed by atoms with Crippen molar-refractivity contribution < 1.29 is 0 Å². The van der Waals surface area contributed by atoms with Crippen molar-refractivity contribution in [1.29, 1.82) is 0 Å².